The van der Waals surface area contributed by atoms with E-state index in [9.17, 15) is 24.1 Å². The first kappa shape index (κ1) is 27.2. The van der Waals surface area contributed by atoms with Gasteiger partial charge < -0.3 is 15.3 Å². The fraction of sp³-hybridized carbons (Fsp3) is 0.857. The zero-order valence-electron chi connectivity index (χ0n) is 17.4. The first-order valence-corrected chi connectivity index (χ1v) is 11.9. The average Bonchev–Trinajstić information content (AvgIpc) is 2.69. The molecular weight excluding hydrogens is 379 g/mol. The maximum atomic E-state index is 11.9. The lowest BCUT2D eigenvalue weighted by Gasteiger charge is -2.22. The number of allylic oxidation sites excluding steroid dienone is 2. The molecule has 0 aliphatic rings. The number of unbranched alkanes of at least 4 members (excludes halogenated alkanes) is 11. The minimum Gasteiger partial charge on any atom is -0.394 e. The second-order valence-corrected chi connectivity index (χ2v) is 8.64. The molecule has 0 spiro atoms. The van der Waals surface area contributed by atoms with Crippen LogP contribution < -0.4 is 0 Å². The summed E-state index contributed by atoms with van der Waals surface area (Å²) in [6.45, 7) is 1.24. The van der Waals surface area contributed by atoms with E-state index in [1.807, 2.05) is 0 Å². The molecule has 0 saturated heterocycles. The third kappa shape index (κ3) is 11.3. The lowest BCUT2D eigenvalue weighted by Crippen LogP contribution is -2.47. The molecule has 0 bridgehead atoms. The number of aliphatic hydroxyl groups excluding tert-OH is 2. The molecule has 2 atom stereocenters. The lowest BCUT2D eigenvalue weighted by atomic mass is 10.0. The zero-order valence-corrected chi connectivity index (χ0v) is 18.2. The van der Waals surface area contributed by atoms with E-state index in [-0.39, 0.29) is 6.42 Å². The molecule has 6 nitrogen and oxygen atoms in total. The van der Waals surface area contributed by atoms with Crippen molar-refractivity contribution in [3.63, 3.8) is 0 Å². The highest BCUT2D eigenvalue weighted by atomic mass is 31.1. The van der Waals surface area contributed by atoms with E-state index in [0.717, 1.165) is 38.5 Å². The molecule has 0 fully saturated rings. The predicted molar refractivity (Wildman–Crippen MR) is 111 cm³/mol. The molecule has 0 amide bonds. The number of hydrogen-bond donors (Lipinski definition) is 3. The van der Waals surface area contributed by atoms with Gasteiger partial charge in [0.25, 0.3) is 5.34 Å². The summed E-state index contributed by atoms with van der Waals surface area (Å²) in [7, 11) is -3.59. The summed E-state index contributed by atoms with van der Waals surface area (Å²) in [5, 5.41) is 25.3. The molecule has 0 radical (unpaired) electrons. The molecule has 7 heteroatoms. The van der Waals surface area contributed by atoms with Crippen LogP contribution in [0.1, 0.15) is 96.8 Å². The molecule has 0 aromatic rings. The lowest BCUT2D eigenvalue weighted by molar-refractivity contribution is -0.140. The van der Waals surface area contributed by atoms with Crippen molar-refractivity contribution in [2.24, 2.45) is 0 Å². The van der Waals surface area contributed by atoms with Crippen LogP contribution in [0, 0.1) is 0 Å². The molecule has 2 unspecified atom stereocenters. The summed E-state index contributed by atoms with van der Waals surface area (Å²) < 4.78 is 22.2. The number of ketones is 1. The van der Waals surface area contributed by atoms with Gasteiger partial charge in [0.15, 0.2) is 5.78 Å². The van der Waals surface area contributed by atoms with Crippen molar-refractivity contribution in [1.82, 2.24) is 0 Å². The monoisotopic (exact) mass is 418 g/mol. The van der Waals surface area contributed by atoms with Crippen molar-refractivity contribution in [2.45, 2.75) is 108 Å². The van der Waals surface area contributed by atoms with Gasteiger partial charge in [-0.1, -0.05) is 70.4 Å². The van der Waals surface area contributed by atoms with E-state index in [2.05, 4.69) is 19.1 Å². The fourth-order valence-electron chi connectivity index (χ4n) is 3.08. The van der Waals surface area contributed by atoms with Gasteiger partial charge in [0, 0.05) is 6.42 Å². The summed E-state index contributed by atoms with van der Waals surface area (Å²) >= 11 is 0. The SMILES string of the molecule is CCCCCCCCC=CCCCCCCCC(=O)C(O)(C(O)CO)P(=O)=O. The Bertz CT molecular complexity index is 495. The van der Waals surface area contributed by atoms with Crippen LogP contribution in [0.2, 0.25) is 0 Å². The van der Waals surface area contributed by atoms with Crippen LogP contribution in [0.15, 0.2) is 12.2 Å². The molecule has 28 heavy (non-hydrogen) atoms. The largest absolute Gasteiger partial charge is 0.394 e. The molecule has 164 valence electrons. The molecular formula is C21H39O6P. The summed E-state index contributed by atoms with van der Waals surface area (Å²) in [4.78, 5) is 11.9. The Morgan fingerprint density at radius 2 is 1.36 bits per heavy atom. The third-order valence-electron chi connectivity index (χ3n) is 4.99. The van der Waals surface area contributed by atoms with E-state index in [1.165, 1.54) is 38.5 Å². The maximum absolute atomic E-state index is 11.9. The van der Waals surface area contributed by atoms with Gasteiger partial charge in [-0.15, -0.1) is 0 Å². The van der Waals surface area contributed by atoms with Crippen molar-refractivity contribution in [3.05, 3.63) is 12.2 Å². The van der Waals surface area contributed by atoms with Gasteiger partial charge >= 0.3 is 7.68 Å². The molecule has 0 rings (SSSR count). The van der Waals surface area contributed by atoms with Crippen LogP contribution in [-0.4, -0.2) is 39.2 Å². The van der Waals surface area contributed by atoms with E-state index >= 15 is 0 Å². The highest BCUT2D eigenvalue weighted by Gasteiger charge is 2.48. The second kappa shape index (κ2) is 17.1. The molecule has 0 saturated carbocycles. The average molecular weight is 419 g/mol. The molecule has 0 aliphatic heterocycles. The topological polar surface area (TPSA) is 112 Å². The first-order valence-electron chi connectivity index (χ1n) is 10.7. The van der Waals surface area contributed by atoms with Crippen molar-refractivity contribution in [3.8, 4) is 0 Å². The number of Topliss-reactive ketones (excluding diaryl/α,β-unsaturated/α-hetero) is 1. The summed E-state index contributed by atoms with van der Waals surface area (Å²) in [6, 6.07) is 0. The van der Waals surface area contributed by atoms with Gasteiger partial charge in [0.1, 0.15) is 6.10 Å². The fourth-order valence-corrected chi connectivity index (χ4v) is 3.72. The number of carbonyl (C=O) groups excluding carboxylic acids is 1. The Balaban J connectivity index is 3.71. The van der Waals surface area contributed by atoms with Gasteiger partial charge in [-0.2, -0.15) is 0 Å². The van der Waals surface area contributed by atoms with Crippen molar-refractivity contribution >= 4 is 13.5 Å². The Hall–Kier alpha value is -0.810. The van der Waals surface area contributed by atoms with Crippen molar-refractivity contribution < 1.29 is 29.2 Å². The normalized spacial score (nSPS) is 14.9. The minimum absolute atomic E-state index is 0.130. The Morgan fingerprint density at radius 3 is 1.82 bits per heavy atom. The van der Waals surface area contributed by atoms with Gasteiger partial charge in [-0.3, -0.25) is 4.79 Å². The van der Waals surface area contributed by atoms with Gasteiger partial charge in [0.2, 0.25) is 0 Å². The van der Waals surface area contributed by atoms with Crippen LogP contribution in [0.5, 0.6) is 0 Å². The third-order valence-corrected chi connectivity index (χ3v) is 6.10. The number of rotatable bonds is 19. The quantitative estimate of drug-likeness (QED) is 0.158. The Labute approximate surface area is 170 Å². The van der Waals surface area contributed by atoms with Crippen LogP contribution in [-0.2, 0) is 13.9 Å². The highest BCUT2D eigenvalue weighted by molar-refractivity contribution is 7.34. The van der Waals surface area contributed by atoms with Crippen LogP contribution >= 0.6 is 7.68 Å². The highest BCUT2D eigenvalue weighted by Crippen LogP contribution is 2.32. The number of hydrogen-bond acceptors (Lipinski definition) is 6. The standard InChI is InChI=1S/C21H39O6P/c1-2-3-4-5-6-7-8-9-10-11-12-13-14-15-16-17-19(23)21(25,28(26)27)20(24)18-22/h9-10,20,22,24-25H,2-8,11-18H2,1H3. The molecule has 0 heterocycles. The summed E-state index contributed by atoms with van der Waals surface area (Å²) in [6.07, 6.45) is 16.7. The van der Waals surface area contributed by atoms with Gasteiger partial charge in [-0.05, 0) is 32.1 Å². The van der Waals surface area contributed by atoms with Crippen LogP contribution in [0.3, 0.4) is 0 Å². The number of carbonyl (C=O) groups is 1. The van der Waals surface area contributed by atoms with E-state index in [0.29, 0.717) is 6.42 Å². The predicted octanol–water partition coefficient (Wildman–Crippen LogP) is 4.81. The minimum atomic E-state index is -3.59. The van der Waals surface area contributed by atoms with E-state index in [4.69, 9.17) is 5.11 Å². The summed E-state index contributed by atoms with van der Waals surface area (Å²) in [5.74, 6) is -0.956. The molecule has 0 aromatic heterocycles. The molecule has 0 aliphatic carbocycles. The first-order chi connectivity index (χ1) is 13.4. The second-order valence-electron chi connectivity index (χ2n) is 7.44. The van der Waals surface area contributed by atoms with E-state index < -0.39 is 31.5 Å². The Morgan fingerprint density at radius 1 is 0.893 bits per heavy atom. The summed E-state index contributed by atoms with van der Waals surface area (Å²) in [5.41, 5.74) is 0. The maximum Gasteiger partial charge on any atom is 0.358 e. The molecule has 3 N–H and O–H groups in total. The van der Waals surface area contributed by atoms with Gasteiger partial charge in [0.05, 0.1) is 6.61 Å². The van der Waals surface area contributed by atoms with Crippen LogP contribution in [0.25, 0.3) is 0 Å². The van der Waals surface area contributed by atoms with Gasteiger partial charge in [-0.25, -0.2) is 9.13 Å². The number of aliphatic hydroxyl groups is 3. The Kier molecular flexibility index (Phi) is 16.6. The molecule has 0 aromatic carbocycles. The van der Waals surface area contributed by atoms with E-state index in [1.54, 1.807) is 0 Å². The van der Waals surface area contributed by atoms with Crippen LogP contribution in [0.4, 0.5) is 0 Å². The zero-order chi connectivity index (χ0) is 21.3. The van der Waals surface area contributed by atoms with Crippen molar-refractivity contribution in [2.75, 3.05) is 6.61 Å². The smallest absolute Gasteiger partial charge is 0.358 e. The van der Waals surface area contributed by atoms with Crippen molar-refractivity contribution in [1.29, 1.82) is 0 Å².